The van der Waals surface area contributed by atoms with Gasteiger partial charge < -0.3 is 11.1 Å². The molecule has 0 aromatic carbocycles. The quantitative estimate of drug-likeness (QED) is 0.763. The molecule has 0 amide bonds. The van der Waals surface area contributed by atoms with E-state index < -0.39 is 0 Å². The van der Waals surface area contributed by atoms with Crippen LogP contribution in [-0.2, 0) is 6.54 Å². The van der Waals surface area contributed by atoms with Gasteiger partial charge in [0.05, 0.1) is 12.2 Å². The fourth-order valence-corrected chi connectivity index (χ4v) is 2.58. The van der Waals surface area contributed by atoms with Gasteiger partial charge >= 0.3 is 0 Å². The van der Waals surface area contributed by atoms with E-state index in [2.05, 4.69) is 33.4 Å². The van der Waals surface area contributed by atoms with Crippen LogP contribution in [0.25, 0.3) is 4.96 Å². The summed E-state index contributed by atoms with van der Waals surface area (Å²) >= 11 is 1.67. The third-order valence-corrected chi connectivity index (χ3v) is 3.67. The number of rotatable bonds is 3. The van der Waals surface area contributed by atoms with Crippen LogP contribution in [0.3, 0.4) is 0 Å². The third kappa shape index (κ3) is 2.37. The second kappa shape index (κ2) is 4.51. The lowest BCUT2D eigenvalue weighted by atomic mass is 10.3. The average molecular weight is 274 g/mol. The molecular weight excluding hydrogens is 260 g/mol. The number of aryl methyl sites for hydroxylation is 2. The molecular formula is C12H14N6S. The minimum atomic E-state index is 0.499. The van der Waals surface area contributed by atoms with E-state index in [4.69, 9.17) is 5.73 Å². The highest BCUT2D eigenvalue weighted by Crippen LogP contribution is 2.17. The van der Waals surface area contributed by atoms with Gasteiger partial charge in [0.1, 0.15) is 5.82 Å². The Hall–Kier alpha value is -2.15. The van der Waals surface area contributed by atoms with E-state index in [0.29, 0.717) is 18.3 Å². The van der Waals surface area contributed by atoms with E-state index in [1.54, 1.807) is 17.5 Å². The summed E-state index contributed by atoms with van der Waals surface area (Å²) in [5, 5.41) is 3.12. The Morgan fingerprint density at radius 2 is 2.16 bits per heavy atom. The SMILES string of the molecule is Cc1cn2cc(CNc3ncc(C)c(N)n3)nc2s1. The maximum absolute atomic E-state index is 5.74. The second-order valence-electron chi connectivity index (χ2n) is 4.38. The first-order valence-electron chi connectivity index (χ1n) is 5.89. The van der Waals surface area contributed by atoms with E-state index in [1.807, 2.05) is 17.5 Å². The maximum Gasteiger partial charge on any atom is 0.224 e. The highest BCUT2D eigenvalue weighted by atomic mass is 32.1. The van der Waals surface area contributed by atoms with Crippen LogP contribution >= 0.6 is 11.3 Å². The summed E-state index contributed by atoms with van der Waals surface area (Å²) in [5.74, 6) is 1.02. The van der Waals surface area contributed by atoms with Gasteiger partial charge in [-0.25, -0.2) is 9.97 Å². The van der Waals surface area contributed by atoms with Crippen molar-refractivity contribution in [3.05, 3.63) is 34.7 Å². The van der Waals surface area contributed by atoms with Gasteiger partial charge in [0.2, 0.25) is 5.95 Å². The van der Waals surface area contributed by atoms with Crippen molar-refractivity contribution in [2.24, 2.45) is 0 Å². The smallest absolute Gasteiger partial charge is 0.224 e. The Morgan fingerprint density at radius 1 is 1.32 bits per heavy atom. The minimum Gasteiger partial charge on any atom is -0.383 e. The summed E-state index contributed by atoms with van der Waals surface area (Å²) in [4.78, 5) is 15.1. The number of anilines is 2. The second-order valence-corrected chi connectivity index (χ2v) is 5.59. The average Bonchev–Trinajstić information content (AvgIpc) is 2.87. The van der Waals surface area contributed by atoms with Crippen molar-refractivity contribution >= 4 is 28.1 Å². The molecule has 0 atom stereocenters. The van der Waals surface area contributed by atoms with Crippen molar-refractivity contribution in [3.63, 3.8) is 0 Å². The third-order valence-electron chi connectivity index (χ3n) is 2.76. The summed E-state index contributed by atoms with van der Waals surface area (Å²) in [5.41, 5.74) is 7.57. The Bertz CT molecular complexity index is 697. The van der Waals surface area contributed by atoms with Gasteiger partial charge in [-0.15, -0.1) is 11.3 Å². The number of thiazole rings is 1. The van der Waals surface area contributed by atoms with Crippen molar-refractivity contribution in [3.8, 4) is 0 Å². The Labute approximate surface area is 114 Å². The van der Waals surface area contributed by atoms with E-state index in [0.717, 1.165) is 16.2 Å². The summed E-state index contributed by atoms with van der Waals surface area (Å²) in [6.07, 6.45) is 5.78. The van der Waals surface area contributed by atoms with E-state index >= 15 is 0 Å². The van der Waals surface area contributed by atoms with Gasteiger partial charge in [-0.3, -0.25) is 4.40 Å². The maximum atomic E-state index is 5.74. The van der Waals surface area contributed by atoms with Crippen LogP contribution in [0.4, 0.5) is 11.8 Å². The van der Waals surface area contributed by atoms with Gasteiger partial charge in [0.25, 0.3) is 0 Å². The van der Waals surface area contributed by atoms with E-state index in [-0.39, 0.29) is 0 Å². The number of aromatic nitrogens is 4. The molecule has 3 heterocycles. The number of imidazole rings is 1. The molecule has 3 N–H and O–H groups in total. The molecule has 7 heteroatoms. The first kappa shape index (κ1) is 11.9. The fourth-order valence-electron chi connectivity index (χ4n) is 1.75. The highest BCUT2D eigenvalue weighted by Gasteiger charge is 2.05. The molecule has 98 valence electrons. The lowest BCUT2D eigenvalue weighted by Crippen LogP contribution is -2.06. The van der Waals surface area contributed by atoms with Gasteiger partial charge in [0, 0.05) is 29.0 Å². The molecule has 0 bridgehead atoms. The zero-order chi connectivity index (χ0) is 13.4. The largest absolute Gasteiger partial charge is 0.383 e. The number of nitrogens with two attached hydrogens (primary N) is 1. The van der Waals surface area contributed by atoms with Crippen LogP contribution < -0.4 is 11.1 Å². The molecule has 3 aromatic rings. The fraction of sp³-hybridized carbons (Fsp3) is 0.250. The number of fused-ring (bicyclic) bond motifs is 1. The Morgan fingerprint density at radius 3 is 2.89 bits per heavy atom. The molecule has 0 saturated carbocycles. The van der Waals surface area contributed by atoms with Crippen molar-refractivity contribution in [1.82, 2.24) is 19.4 Å². The van der Waals surface area contributed by atoms with Crippen LogP contribution in [0.5, 0.6) is 0 Å². The molecule has 0 fully saturated rings. The molecule has 0 unspecified atom stereocenters. The van der Waals surface area contributed by atoms with Crippen molar-refractivity contribution in [1.29, 1.82) is 0 Å². The molecule has 6 nitrogen and oxygen atoms in total. The van der Waals surface area contributed by atoms with Crippen LogP contribution in [-0.4, -0.2) is 19.4 Å². The topological polar surface area (TPSA) is 81.1 Å². The van der Waals surface area contributed by atoms with Gasteiger partial charge in [-0.2, -0.15) is 4.98 Å². The van der Waals surface area contributed by atoms with Crippen LogP contribution in [0.1, 0.15) is 16.1 Å². The zero-order valence-corrected chi connectivity index (χ0v) is 11.5. The molecule has 0 saturated heterocycles. The minimum absolute atomic E-state index is 0.499. The molecule has 19 heavy (non-hydrogen) atoms. The van der Waals surface area contributed by atoms with E-state index in [9.17, 15) is 0 Å². The van der Waals surface area contributed by atoms with E-state index in [1.165, 1.54) is 4.88 Å². The van der Waals surface area contributed by atoms with Crippen molar-refractivity contribution < 1.29 is 0 Å². The first-order valence-corrected chi connectivity index (χ1v) is 6.70. The first-order chi connectivity index (χ1) is 9.11. The molecule has 0 aliphatic carbocycles. The summed E-state index contributed by atoms with van der Waals surface area (Å²) in [7, 11) is 0. The standard InChI is InChI=1S/C12H14N6S/c1-7-3-14-11(17-10(7)13)15-4-9-6-18-5-8(2)19-12(18)16-9/h3,5-6H,4H2,1-2H3,(H3,13,14,15,17). The summed E-state index contributed by atoms with van der Waals surface area (Å²) in [6, 6.07) is 0. The highest BCUT2D eigenvalue weighted by molar-refractivity contribution is 7.16. The van der Waals surface area contributed by atoms with Crippen LogP contribution in [0.2, 0.25) is 0 Å². The molecule has 0 radical (unpaired) electrons. The lowest BCUT2D eigenvalue weighted by molar-refractivity contribution is 1.02. The number of hydrogen-bond acceptors (Lipinski definition) is 6. The molecule has 3 aromatic heterocycles. The van der Waals surface area contributed by atoms with Crippen LogP contribution in [0, 0.1) is 13.8 Å². The molecule has 0 aliphatic heterocycles. The van der Waals surface area contributed by atoms with Crippen molar-refractivity contribution in [2.45, 2.75) is 20.4 Å². The molecule has 0 aliphatic rings. The lowest BCUT2D eigenvalue weighted by Gasteiger charge is -2.04. The van der Waals surface area contributed by atoms with Crippen molar-refractivity contribution in [2.75, 3.05) is 11.1 Å². The number of nitrogen functional groups attached to an aromatic ring is 1. The zero-order valence-electron chi connectivity index (χ0n) is 10.7. The molecule has 0 spiro atoms. The predicted octanol–water partition coefficient (Wildman–Crippen LogP) is 2.00. The number of hydrogen-bond donors (Lipinski definition) is 2. The number of nitrogens with zero attached hydrogens (tertiary/aromatic N) is 4. The Kier molecular flexibility index (Phi) is 2.83. The molecule has 3 rings (SSSR count). The summed E-state index contributed by atoms with van der Waals surface area (Å²) in [6.45, 7) is 4.53. The monoisotopic (exact) mass is 274 g/mol. The Balaban J connectivity index is 1.74. The van der Waals surface area contributed by atoms with Gasteiger partial charge in [-0.1, -0.05) is 0 Å². The summed E-state index contributed by atoms with van der Waals surface area (Å²) < 4.78 is 2.03. The van der Waals surface area contributed by atoms with Gasteiger partial charge in [-0.05, 0) is 13.8 Å². The van der Waals surface area contributed by atoms with Crippen LogP contribution in [0.15, 0.2) is 18.6 Å². The predicted molar refractivity (Wildman–Crippen MR) is 76.3 cm³/mol. The number of nitrogens with one attached hydrogen (secondary N) is 1. The van der Waals surface area contributed by atoms with Gasteiger partial charge in [0.15, 0.2) is 4.96 Å². The normalized spacial score (nSPS) is 11.1.